The molecule has 12 heteroatoms. The number of benzene rings is 1. The second-order valence-electron chi connectivity index (χ2n) is 4.93. The normalized spacial score (nSPS) is 11.4. The van der Waals surface area contributed by atoms with E-state index in [-0.39, 0.29) is 22.2 Å². The number of sulfonamides is 1. The van der Waals surface area contributed by atoms with Gasteiger partial charge in [-0.15, -0.1) is 5.10 Å². The molecule has 26 heavy (non-hydrogen) atoms. The summed E-state index contributed by atoms with van der Waals surface area (Å²) in [5, 5.41) is 6.02. The van der Waals surface area contributed by atoms with E-state index in [0.717, 1.165) is 40.1 Å². The second-order valence-corrected chi connectivity index (χ2v) is 7.73. The Labute approximate surface area is 153 Å². The number of ether oxygens (including phenoxy) is 1. The molecule has 1 aromatic heterocycles. The highest BCUT2D eigenvalue weighted by molar-refractivity contribution is 7.89. The summed E-state index contributed by atoms with van der Waals surface area (Å²) in [7, 11) is -2.77. The third-order valence-electron chi connectivity index (χ3n) is 3.10. The maximum absolute atomic E-state index is 12.9. The third kappa shape index (κ3) is 4.59. The molecule has 1 aromatic carbocycles. The van der Waals surface area contributed by atoms with E-state index < -0.39 is 34.3 Å². The predicted octanol–water partition coefficient (Wildman–Crippen LogP) is 1.11. The molecule has 9 nitrogen and oxygen atoms in total. The number of likely N-dealkylation sites (N-methyl/N-ethyl adjacent to an activating group) is 1. The van der Waals surface area contributed by atoms with Crippen LogP contribution in [-0.2, 0) is 19.6 Å². The highest BCUT2D eigenvalue weighted by atomic mass is 32.2. The minimum Gasteiger partial charge on any atom is -0.461 e. The molecule has 0 fully saturated rings. The standard InChI is InChI=1S/C14H15FN4O5S2/c1-3-24-14(21)12-13(25-18-17-12)16-11(20)8-19(2)26(22,23)10-6-4-9(15)5-7-10/h4-7H,3,8H2,1-2H3,(H,16,20). The lowest BCUT2D eigenvalue weighted by molar-refractivity contribution is -0.116. The molecular formula is C14H15FN4O5S2. The lowest BCUT2D eigenvalue weighted by atomic mass is 10.4. The Morgan fingerprint density at radius 1 is 1.31 bits per heavy atom. The average molecular weight is 402 g/mol. The summed E-state index contributed by atoms with van der Waals surface area (Å²) in [5.41, 5.74) is -0.158. The number of carbonyl (C=O) groups excluding carboxylic acids is 2. The molecule has 1 N–H and O–H groups in total. The number of amides is 1. The first kappa shape index (κ1) is 19.9. The Hall–Kier alpha value is -2.44. The minimum absolute atomic E-state index is 0.0565. The molecule has 0 spiro atoms. The molecule has 2 aromatic rings. The Morgan fingerprint density at radius 3 is 2.58 bits per heavy atom. The van der Waals surface area contributed by atoms with Gasteiger partial charge in [0.15, 0.2) is 5.00 Å². The first-order valence-corrected chi connectivity index (χ1v) is 9.48. The number of aromatic nitrogens is 2. The van der Waals surface area contributed by atoms with Crippen LogP contribution in [-0.4, -0.2) is 54.4 Å². The maximum Gasteiger partial charge on any atom is 0.362 e. The number of nitrogens with one attached hydrogen (secondary N) is 1. The van der Waals surface area contributed by atoms with Gasteiger partial charge in [-0.25, -0.2) is 17.6 Å². The van der Waals surface area contributed by atoms with E-state index in [0.29, 0.717) is 0 Å². The minimum atomic E-state index is -3.98. The molecule has 2 rings (SSSR count). The maximum atomic E-state index is 12.9. The fourth-order valence-electron chi connectivity index (χ4n) is 1.85. The number of carbonyl (C=O) groups is 2. The molecule has 140 valence electrons. The molecule has 0 saturated heterocycles. The van der Waals surface area contributed by atoms with E-state index in [1.54, 1.807) is 6.92 Å². The van der Waals surface area contributed by atoms with Gasteiger partial charge >= 0.3 is 5.97 Å². The topological polar surface area (TPSA) is 119 Å². The van der Waals surface area contributed by atoms with Gasteiger partial charge in [0.25, 0.3) is 0 Å². The SMILES string of the molecule is CCOC(=O)c1nnsc1NC(=O)CN(C)S(=O)(=O)c1ccc(F)cc1. The lowest BCUT2D eigenvalue weighted by Crippen LogP contribution is -2.35. The van der Waals surface area contributed by atoms with Crippen molar-refractivity contribution in [2.45, 2.75) is 11.8 Å². The van der Waals surface area contributed by atoms with Crippen LogP contribution >= 0.6 is 11.5 Å². The molecule has 0 aliphatic heterocycles. The zero-order valence-corrected chi connectivity index (χ0v) is 15.4. The van der Waals surface area contributed by atoms with Gasteiger partial charge in [0.05, 0.1) is 18.0 Å². The molecule has 1 heterocycles. The van der Waals surface area contributed by atoms with Crippen LogP contribution in [0.1, 0.15) is 17.4 Å². The Kier molecular flexibility index (Phi) is 6.34. The summed E-state index contributed by atoms with van der Waals surface area (Å²) in [6.45, 7) is 1.22. The van der Waals surface area contributed by atoms with Crippen LogP contribution in [0, 0.1) is 5.82 Å². The number of nitrogens with zero attached hydrogens (tertiary/aromatic N) is 3. The van der Waals surface area contributed by atoms with Crippen molar-refractivity contribution in [3.8, 4) is 0 Å². The van der Waals surface area contributed by atoms with E-state index in [1.807, 2.05) is 0 Å². The number of esters is 1. The quantitative estimate of drug-likeness (QED) is 0.689. The van der Waals surface area contributed by atoms with Gasteiger partial charge in [-0.3, -0.25) is 4.79 Å². The van der Waals surface area contributed by atoms with Crippen LogP contribution in [0.15, 0.2) is 29.2 Å². The summed E-state index contributed by atoms with van der Waals surface area (Å²) >= 11 is 0.761. The highest BCUT2D eigenvalue weighted by Gasteiger charge is 2.25. The van der Waals surface area contributed by atoms with Gasteiger partial charge in [-0.1, -0.05) is 4.49 Å². The zero-order chi connectivity index (χ0) is 19.3. The van der Waals surface area contributed by atoms with Gasteiger partial charge in [0.2, 0.25) is 21.6 Å². The van der Waals surface area contributed by atoms with Crippen LogP contribution in [0.5, 0.6) is 0 Å². The molecule has 0 aliphatic carbocycles. The van der Waals surface area contributed by atoms with E-state index in [4.69, 9.17) is 4.74 Å². The Bertz CT molecular complexity index is 898. The number of anilines is 1. The Balaban J connectivity index is 2.07. The highest BCUT2D eigenvalue weighted by Crippen LogP contribution is 2.19. The number of rotatable bonds is 7. The van der Waals surface area contributed by atoms with Gasteiger partial charge in [0, 0.05) is 18.6 Å². The van der Waals surface area contributed by atoms with E-state index >= 15 is 0 Å². The summed E-state index contributed by atoms with van der Waals surface area (Å²) in [6, 6.07) is 4.22. The van der Waals surface area contributed by atoms with Crippen molar-refractivity contribution in [1.29, 1.82) is 0 Å². The van der Waals surface area contributed by atoms with Crippen LogP contribution in [0.3, 0.4) is 0 Å². The van der Waals surface area contributed by atoms with Crippen LogP contribution in [0.4, 0.5) is 9.39 Å². The summed E-state index contributed by atoms with van der Waals surface area (Å²) < 4.78 is 46.8. The van der Waals surface area contributed by atoms with Gasteiger partial charge < -0.3 is 10.1 Å². The van der Waals surface area contributed by atoms with E-state index in [1.165, 1.54) is 7.05 Å². The van der Waals surface area contributed by atoms with Crippen molar-refractivity contribution in [3.63, 3.8) is 0 Å². The van der Waals surface area contributed by atoms with Crippen LogP contribution < -0.4 is 5.32 Å². The molecule has 0 atom stereocenters. The summed E-state index contributed by atoms with van der Waals surface area (Å²) in [6.07, 6.45) is 0. The van der Waals surface area contributed by atoms with Crippen molar-refractivity contribution in [2.75, 3.05) is 25.5 Å². The molecule has 0 bridgehead atoms. The largest absolute Gasteiger partial charge is 0.461 e. The molecule has 1 amide bonds. The van der Waals surface area contributed by atoms with Crippen LogP contribution in [0.2, 0.25) is 0 Å². The number of hydrogen-bond donors (Lipinski definition) is 1. The van der Waals surface area contributed by atoms with Gasteiger partial charge in [-0.05, 0) is 31.2 Å². The van der Waals surface area contributed by atoms with E-state index in [9.17, 15) is 22.4 Å². The van der Waals surface area contributed by atoms with Crippen molar-refractivity contribution in [3.05, 3.63) is 35.8 Å². The van der Waals surface area contributed by atoms with Crippen molar-refractivity contribution < 1.29 is 27.1 Å². The molecule has 0 radical (unpaired) electrons. The van der Waals surface area contributed by atoms with Gasteiger partial charge in [-0.2, -0.15) is 4.31 Å². The molecular weight excluding hydrogens is 387 g/mol. The lowest BCUT2D eigenvalue weighted by Gasteiger charge is -2.16. The first-order chi connectivity index (χ1) is 12.3. The second kappa shape index (κ2) is 8.29. The molecule has 0 aliphatic rings. The number of hydrogen-bond acceptors (Lipinski definition) is 8. The fraction of sp³-hybridized carbons (Fsp3) is 0.286. The smallest absolute Gasteiger partial charge is 0.362 e. The van der Waals surface area contributed by atoms with Crippen LogP contribution in [0.25, 0.3) is 0 Å². The average Bonchev–Trinajstić information content (AvgIpc) is 3.03. The van der Waals surface area contributed by atoms with Crippen molar-refractivity contribution in [1.82, 2.24) is 13.9 Å². The zero-order valence-electron chi connectivity index (χ0n) is 13.8. The summed E-state index contributed by atoms with van der Waals surface area (Å²) in [5.74, 6) is -2.02. The third-order valence-corrected chi connectivity index (χ3v) is 5.56. The monoisotopic (exact) mass is 402 g/mol. The number of halogens is 1. The predicted molar refractivity (Wildman–Crippen MR) is 90.7 cm³/mol. The molecule has 0 unspecified atom stereocenters. The fourth-order valence-corrected chi connectivity index (χ4v) is 3.55. The first-order valence-electron chi connectivity index (χ1n) is 7.27. The van der Waals surface area contributed by atoms with E-state index in [2.05, 4.69) is 14.9 Å². The van der Waals surface area contributed by atoms with Crippen molar-refractivity contribution >= 4 is 38.4 Å². The molecule has 0 saturated carbocycles. The summed E-state index contributed by atoms with van der Waals surface area (Å²) in [4.78, 5) is 23.7. The Morgan fingerprint density at radius 2 is 1.96 bits per heavy atom. The van der Waals surface area contributed by atoms with Gasteiger partial charge in [0.1, 0.15) is 5.82 Å². The van der Waals surface area contributed by atoms with Crippen molar-refractivity contribution in [2.24, 2.45) is 0 Å².